The Morgan fingerprint density at radius 2 is 2.00 bits per heavy atom. The van der Waals surface area contributed by atoms with Crippen molar-refractivity contribution in [3.8, 4) is 10.4 Å². The Kier molecular flexibility index (Phi) is 6.97. The van der Waals surface area contributed by atoms with E-state index in [1.54, 1.807) is 12.3 Å². The van der Waals surface area contributed by atoms with Gasteiger partial charge in [-0.05, 0) is 55.5 Å². The first kappa shape index (κ1) is 24.3. The van der Waals surface area contributed by atoms with E-state index in [1.807, 2.05) is 28.3 Å². The van der Waals surface area contributed by atoms with Crippen LogP contribution in [0.4, 0.5) is 24.8 Å². The van der Waals surface area contributed by atoms with Crippen LogP contribution in [-0.2, 0) is 6.42 Å². The fraction of sp³-hybridized carbons (Fsp3) is 0.458. The first-order valence-electron chi connectivity index (χ1n) is 11.3. The molecular weight excluding hydrogens is 465 g/mol. The van der Waals surface area contributed by atoms with E-state index in [0.29, 0.717) is 36.6 Å². The molecule has 3 heterocycles. The molecule has 4 rings (SSSR count). The van der Waals surface area contributed by atoms with Crippen LogP contribution in [0.5, 0.6) is 0 Å². The first-order valence-corrected chi connectivity index (χ1v) is 12.2. The molecule has 0 spiro atoms. The number of carboxylic acids is 1. The second-order valence-corrected chi connectivity index (χ2v) is 10.1. The Hall–Kier alpha value is -2.88. The quantitative estimate of drug-likeness (QED) is 0.373. The molecule has 1 saturated carbocycles. The molecule has 0 saturated heterocycles. The predicted molar refractivity (Wildman–Crippen MR) is 126 cm³/mol. The molecule has 1 fully saturated rings. The lowest BCUT2D eigenvalue weighted by Crippen LogP contribution is -2.29. The van der Waals surface area contributed by atoms with Crippen LogP contribution in [0.3, 0.4) is 0 Å². The van der Waals surface area contributed by atoms with Gasteiger partial charge in [-0.3, -0.25) is 4.68 Å². The molecule has 6 nitrogen and oxygen atoms in total. The summed E-state index contributed by atoms with van der Waals surface area (Å²) in [5.41, 5.74) is 1.65. The normalized spacial score (nSPS) is 18.9. The van der Waals surface area contributed by atoms with Gasteiger partial charge in [-0.25, -0.2) is 9.78 Å². The molecule has 0 unspecified atom stereocenters. The molecule has 182 valence electrons. The fourth-order valence-corrected chi connectivity index (χ4v) is 5.16. The molecule has 0 aromatic carbocycles. The van der Waals surface area contributed by atoms with E-state index in [1.165, 1.54) is 11.3 Å². The molecule has 0 bridgehead atoms. The number of aromatic carboxylic acids is 1. The summed E-state index contributed by atoms with van der Waals surface area (Å²) in [6.07, 6.45) is -0.832. The molecule has 2 N–H and O–H groups in total. The number of rotatable bonds is 7. The van der Waals surface area contributed by atoms with Crippen molar-refractivity contribution in [2.75, 3.05) is 5.32 Å². The maximum Gasteiger partial charge on any atom is 0.391 e. The topological polar surface area (TPSA) is 80.0 Å². The molecule has 3 aromatic rings. The zero-order chi connectivity index (χ0) is 24.5. The van der Waals surface area contributed by atoms with Crippen molar-refractivity contribution in [2.24, 2.45) is 11.8 Å². The highest BCUT2D eigenvalue weighted by molar-refractivity contribution is 7.13. The molecular formula is C24H27F3N4O2S. The second-order valence-electron chi connectivity index (χ2n) is 9.14. The summed E-state index contributed by atoms with van der Waals surface area (Å²) in [6.45, 7) is 4.14. The molecule has 0 radical (unpaired) electrons. The molecule has 0 atom stereocenters. The SMILES string of the molecule is CC(C)Cc1cc(Nc2ncc(-c3cccs3)cc2C(=O)O)nn1C1CCC(C(F)(F)F)CC1. The number of anilines is 2. The number of nitrogens with one attached hydrogen (secondary N) is 1. The Balaban J connectivity index is 1.59. The Morgan fingerprint density at radius 1 is 1.26 bits per heavy atom. The Morgan fingerprint density at radius 3 is 2.59 bits per heavy atom. The summed E-state index contributed by atoms with van der Waals surface area (Å²) < 4.78 is 41.1. The van der Waals surface area contributed by atoms with Gasteiger partial charge in [0.1, 0.15) is 11.4 Å². The Labute approximate surface area is 199 Å². The van der Waals surface area contributed by atoms with Gasteiger partial charge in [-0.15, -0.1) is 11.3 Å². The molecule has 0 aliphatic heterocycles. The van der Waals surface area contributed by atoms with E-state index in [-0.39, 0.29) is 30.3 Å². The van der Waals surface area contributed by atoms with E-state index in [2.05, 4.69) is 29.2 Å². The molecule has 34 heavy (non-hydrogen) atoms. The van der Waals surface area contributed by atoms with Crippen LogP contribution >= 0.6 is 11.3 Å². The maximum absolute atomic E-state index is 13.1. The minimum atomic E-state index is -4.16. The predicted octanol–water partition coefficient (Wildman–Crippen LogP) is 6.94. The number of carboxylic acid groups (broad SMARTS) is 1. The van der Waals surface area contributed by atoms with Gasteiger partial charge >= 0.3 is 12.1 Å². The van der Waals surface area contributed by atoms with Crippen molar-refractivity contribution < 1.29 is 23.1 Å². The van der Waals surface area contributed by atoms with E-state index in [0.717, 1.165) is 10.6 Å². The molecule has 1 aliphatic rings. The highest BCUT2D eigenvalue weighted by Crippen LogP contribution is 2.41. The number of alkyl halides is 3. The standard InChI is InChI=1S/C24H27F3N4O2S/c1-14(2)10-18-12-21(30-31(18)17-7-5-16(6-8-17)24(25,26)27)29-22-19(23(32)33)11-15(13-28-22)20-4-3-9-34-20/h3-4,9,11-14,16-17H,5-8,10H2,1-2H3,(H,32,33)(H,28,29,30). The van der Waals surface area contributed by atoms with Crippen molar-refractivity contribution in [3.63, 3.8) is 0 Å². The summed E-state index contributed by atoms with van der Waals surface area (Å²) in [5, 5.41) is 19.3. The summed E-state index contributed by atoms with van der Waals surface area (Å²) >= 11 is 1.50. The first-order chi connectivity index (χ1) is 16.1. The largest absolute Gasteiger partial charge is 0.478 e. The van der Waals surface area contributed by atoms with Gasteiger partial charge in [0.2, 0.25) is 0 Å². The fourth-order valence-electron chi connectivity index (χ4n) is 4.46. The monoisotopic (exact) mass is 492 g/mol. The van der Waals surface area contributed by atoms with E-state index < -0.39 is 18.1 Å². The highest BCUT2D eigenvalue weighted by Gasteiger charge is 2.42. The van der Waals surface area contributed by atoms with Gasteiger partial charge in [-0.1, -0.05) is 19.9 Å². The number of pyridine rings is 1. The van der Waals surface area contributed by atoms with Gasteiger partial charge in [0.15, 0.2) is 5.82 Å². The van der Waals surface area contributed by atoms with Crippen LogP contribution in [0.15, 0.2) is 35.8 Å². The maximum atomic E-state index is 13.1. The average molecular weight is 493 g/mol. The third kappa shape index (κ3) is 5.43. The number of thiophene rings is 1. The van der Waals surface area contributed by atoms with Gasteiger partial charge < -0.3 is 10.4 Å². The third-order valence-corrected chi connectivity index (χ3v) is 7.03. The van der Waals surface area contributed by atoms with Crippen molar-refractivity contribution in [3.05, 3.63) is 47.1 Å². The lowest BCUT2D eigenvalue weighted by Gasteiger charge is -2.31. The van der Waals surface area contributed by atoms with Crippen LogP contribution in [0, 0.1) is 11.8 Å². The third-order valence-electron chi connectivity index (χ3n) is 6.11. The minimum absolute atomic E-state index is 0.0246. The molecule has 0 amide bonds. The number of halogens is 3. The minimum Gasteiger partial charge on any atom is -0.478 e. The van der Waals surface area contributed by atoms with Crippen LogP contribution in [0.25, 0.3) is 10.4 Å². The lowest BCUT2D eigenvalue weighted by molar-refractivity contribution is -0.183. The van der Waals surface area contributed by atoms with Gasteiger partial charge in [-0.2, -0.15) is 18.3 Å². The van der Waals surface area contributed by atoms with Crippen LogP contribution in [0.2, 0.25) is 0 Å². The van der Waals surface area contributed by atoms with E-state index in [9.17, 15) is 23.1 Å². The smallest absolute Gasteiger partial charge is 0.391 e. The van der Waals surface area contributed by atoms with Gasteiger partial charge in [0.05, 0.1) is 12.0 Å². The summed E-state index contributed by atoms with van der Waals surface area (Å²) in [5.74, 6) is -1.43. The highest BCUT2D eigenvalue weighted by atomic mass is 32.1. The van der Waals surface area contributed by atoms with Crippen molar-refractivity contribution in [1.29, 1.82) is 0 Å². The van der Waals surface area contributed by atoms with Crippen LogP contribution in [-0.4, -0.2) is 32.0 Å². The molecule has 10 heteroatoms. The summed E-state index contributed by atoms with van der Waals surface area (Å²) in [7, 11) is 0. The number of nitrogens with zero attached hydrogens (tertiary/aromatic N) is 3. The Bertz CT molecular complexity index is 1130. The van der Waals surface area contributed by atoms with Crippen LogP contribution < -0.4 is 5.32 Å². The summed E-state index contributed by atoms with van der Waals surface area (Å²) in [4.78, 5) is 17.2. The van der Waals surface area contributed by atoms with Crippen LogP contribution in [0.1, 0.15) is 61.6 Å². The molecule has 3 aromatic heterocycles. The average Bonchev–Trinajstić information content (AvgIpc) is 3.43. The van der Waals surface area contributed by atoms with Crippen molar-refractivity contribution in [1.82, 2.24) is 14.8 Å². The van der Waals surface area contributed by atoms with Crippen molar-refractivity contribution >= 4 is 28.9 Å². The van der Waals surface area contributed by atoms with E-state index >= 15 is 0 Å². The lowest BCUT2D eigenvalue weighted by atomic mass is 9.85. The zero-order valence-electron chi connectivity index (χ0n) is 19.0. The number of hydrogen-bond donors (Lipinski definition) is 2. The van der Waals surface area contributed by atoms with E-state index in [4.69, 9.17) is 0 Å². The number of carbonyl (C=O) groups is 1. The summed E-state index contributed by atoms with van der Waals surface area (Å²) in [6, 6.07) is 7.09. The number of hydrogen-bond acceptors (Lipinski definition) is 5. The van der Waals surface area contributed by atoms with Gasteiger partial charge in [0, 0.05) is 28.4 Å². The number of aromatic nitrogens is 3. The molecule has 1 aliphatic carbocycles. The zero-order valence-corrected chi connectivity index (χ0v) is 19.8. The second kappa shape index (κ2) is 9.77. The van der Waals surface area contributed by atoms with Crippen molar-refractivity contribution in [2.45, 2.75) is 58.2 Å². The van der Waals surface area contributed by atoms with Gasteiger partial charge in [0.25, 0.3) is 0 Å².